The molecule has 192 valence electrons. The second-order valence-electron chi connectivity index (χ2n) is 9.61. The van der Waals surface area contributed by atoms with E-state index in [0.717, 1.165) is 18.4 Å². The number of rotatable bonds is 7. The Morgan fingerprint density at radius 2 is 1.80 bits per heavy atom. The number of benzene rings is 1. The highest BCUT2D eigenvalue weighted by atomic mass is 16.6. The molecule has 35 heavy (non-hydrogen) atoms. The quantitative estimate of drug-likeness (QED) is 0.505. The van der Waals surface area contributed by atoms with Crippen molar-refractivity contribution in [2.45, 2.75) is 58.2 Å². The van der Waals surface area contributed by atoms with Crippen LogP contribution >= 0.6 is 0 Å². The molecule has 3 amide bonds. The van der Waals surface area contributed by atoms with E-state index in [1.807, 2.05) is 52.0 Å². The van der Waals surface area contributed by atoms with Gasteiger partial charge in [-0.05, 0) is 58.2 Å². The molecule has 0 saturated carbocycles. The largest absolute Gasteiger partial charge is 0.494 e. The first-order valence-corrected chi connectivity index (χ1v) is 11.9. The van der Waals surface area contributed by atoms with Crippen molar-refractivity contribution in [2.24, 2.45) is 0 Å². The third-order valence-electron chi connectivity index (χ3n) is 5.77. The van der Waals surface area contributed by atoms with Crippen molar-refractivity contribution in [2.75, 3.05) is 33.4 Å². The molecule has 1 aromatic carbocycles. The average Bonchev–Trinajstić information content (AvgIpc) is 2.79. The third-order valence-corrected chi connectivity index (χ3v) is 5.77. The van der Waals surface area contributed by atoms with Crippen molar-refractivity contribution >= 4 is 18.1 Å². The van der Waals surface area contributed by atoms with Crippen molar-refractivity contribution < 1.29 is 28.6 Å². The van der Waals surface area contributed by atoms with E-state index in [1.165, 1.54) is 7.11 Å². The Balaban J connectivity index is 1.72. The number of piperidine rings is 1. The number of urea groups is 1. The number of nitrogens with one attached hydrogen (secondary N) is 3. The minimum Gasteiger partial charge on any atom is -0.494 e. The Bertz CT molecular complexity index is 946. The van der Waals surface area contributed by atoms with Gasteiger partial charge in [-0.1, -0.05) is 12.1 Å². The first kappa shape index (κ1) is 26.3. The van der Waals surface area contributed by atoms with Crippen LogP contribution in [0, 0.1) is 0 Å². The molecular formula is C25H36N4O6. The van der Waals surface area contributed by atoms with Crippen LogP contribution in [0.2, 0.25) is 0 Å². The van der Waals surface area contributed by atoms with Crippen molar-refractivity contribution in [1.29, 1.82) is 0 Å². The predicted octanol–water partition coefficient (Wildman–Crippen LogP) is 2.86. The summed E-state index contributed by atoms with van der Waals surface area (Å²) >= 11 is 0. The number of amides is 3. The number of hydrogen-bond donors (Lipinski definition) is 3. The van der Waals surface area contributed by atoms with E-state index >= 15 is 0 Å². The molecule has 0 aliphatic carbocycles. The summed E-state index contributed by atoms with van der Waals surface area (Å²) in [5.74, 6) is 0.205. The molecule has 0 aromatic heterocycles. The van der Waals surface area contributed by atoms with Crippen LogP contribution in [0.5, 0.6) is 5.75 Å². The lowest BCUT2D eigenvalue weighted by atomic mass is 9.94. The van der Waals surface area contributed by atoms with E-state index < -0.39 is 23.7 Å². The van der Waals surface area contributed by atoms with Crippen LogP contribution in [0.4, 0.5) is 9.59 Å². The second kappa shape index (κ2) is 11.4. The van der Waals surface area contributed by atoms with Crippen LogP contribution in [0.1, 0.15) is 52.1 Å². The smallest absolute Gasteiger partial charge is 0.407 e. The number of carbonyl (C=O) groups is 3. The molecule has 10 heteroatoms. The van der Waals surface area contributed by atoms with Gasteiger partial charge in [0, 0.05) is 31.4 Å². The molecule has 2 heterocycles. The Kier molecular flexibility index (Phi) is 8.61. The molecule has 1 atom stereocenters. The number of likely N-dealkylation sites (tertiary alicyclic amines) is 1. The number of nitrogens with zero attached hydrogens (tertiary/aromatic N) is 1. The molecular weight excluding hydrogens is 452 g/mol. The highest BCUT2D eigenvalue weighted by Gasteiger charge is 2.34. The monoisotopic (exact) mass is 488 g/mol. The molecule has 3 N–H and O–H groups in total. The molecule has 10 nitrogen and oxygen atoms in total. The molecule has 0 spiro atoms. The van der Waals surface area contributed by atoms with Crippen LogP contribution in [0.3, 0.4) is 0 Å². The lowest BCUT2D eigenvalue weighted by molar-refractivity contribution is -0.136. The summed E-state index contributed by atoms with van der Waals surface area (Å²) in [6.07, 6.45) is 1.04. The van der Waals surface area contributed by atoms with Gasteiger partial charge < -0.3 is 30.2 Å². The summed E-state index contributed by atoms with van der Waals surface area (Å²) in [4.78, 5) is 39.5. The van der Waals surface area contributed by atoms with E-state index in [1.54, 1.807) is 0 Å². The minimum absolute atomic E-state index is 0.00868. The van der Waals surface area contributed by atoms with E-state index in [2.05, 4.69) is 20.9 Å². The predicted molar refractivity (Wildman–Crippen MR) is 130 cm³/mol. The number of hydrogen-bond acceptors (Lipinski definition) is 7. The molecule has 0 bridgehead atoms. The van der Waals surface area contributed by atoms with E-state index in [0.29, 0.717) is 43.3 Å². The minimum atomic E-state index is -0.645. The van der Waals surface area contributed by atoms with Crippen LogP contribution in [-0.4, -0.2) is 68.0 Å². The van der Waals surface area contributed by atoms with Crippen LogP contribution in [0.25, 0.3) is 0 Å². The zero-order valence-corrected chi connectivity index (χ0v) is 21.1. The van der Waals surface area contributed by atoms with Gasteiger partial charge in [0.25, 0.3) is 0 Å². The van der Waals surface area contributed by atoms with Crippen molar-refractivity contribution in [3.8, 4) is 5.75 Å². The van der Waals surface area contributed by atoms with Crippen LogP contribution in [0.15, 0.2) is 35.5 Å². The van der Waals surface area contributed by atoms with Gasteiger partial charge in [0.1, 0.15) is 11.4 Å². The molecule has 3 rings (SSSR count). The van der Waals surface area contributed by atoms with Crippen LogP contribution in [-0.2, 0) is 14.3 Å². The highest BCUT2D eigenvalue weighted by molar-refractivity contribution is 5.95. The Morgan fingerprint density at radius 1 is 1.14 bits per heavy atom. The lowest BCUT2D eigenvalue weighted by Crippen LogP contribution is -2.50. The van der Waals surface area contributed by atoms with E-state index in [9.17, 15) is 14.4 Å². The fraction of sp³-hybridized carbons (Fsp3) is 0.560. The van der Waals surface area contributed by atoms with Gasteiger partial charge in [-0.2, -0.15) is 0 Å². The SMILES string of the molecule is CCOc1ccc([C@H]2NC(=O)NC(CN3CCC(NC(=O)OC(C)(C)C)CC3)=C2C(=O)OC)cc1. The first-order chi connectivity index (χ1) is 16.6. The summed E-state index contributed by atoms with van der Waals surface area (Å²) in [6, 6.07) is 6.26. The summed E-state index contributed by atoms with van der Waals surface area (Å²) in [5, 5.41) is 8.56. The van der Waals surface area contributed by atoms with Crippen LogP contribution < -0.4 is 20.7 Å². The molecule has 2 aliphatic heterocycles. The third kappa shape index (κ3) is 7.35. The highest BCUT2D eigenvalue weighted by Crippen LogP contribution is 2.29. The molecule has 0 unspecified atom stereocenters. The standard InChI is InChI=1S/C25H36N4O6/c1-6-34-18-9-7-16(8-10-18)21-20(22(30)33-5)19(27-23(31)28-21)15-29-13-11-17(12-14-29)26-24(32)35-25(2,3)4/h7-10,17,21H,6,11-15H2,1-5H3,(H,26,32)(H2,27,28,31)/t21-/m1/s1. The Labute approximate surface area is 206 Å². The van der Waals surface area contributed by atoms with Crippen molar-refractivity contribution in [3.63, 3.8) is 0 Å². The molecule has 1 saturated heterocycles. The van der Waals surface area contributed by atoms with E-state index in [4.69, 9.17) is 14.2 Å². The van der Waals surface area contributed by atoms with Crippen molar-refractivity contribution in [3.05, 3.63) is 41.1 Å². The molecule has 2 aliphatic rings. The number of methoxy groups -OCH3 is 1. The Morgan fingerprint density at radius 3 is 2.37 bits per heavy atom. The van der Waals surface area contributed by atoms with E-state index in [-0.39, 0.29) is 12.1 Å². The van der Waals surface area contributed by atoms with Gasteiger partial charge in [0.15, 0.2) is 0 Å². The fourth-order valence-electron chi connectivity index (χ4n) is 4.20. The topological polar surface area (TPSA) is 118 Å². The maximum atomic E-state index is 12.8. The zero-order chi connectivity index (χ0) is 25.6. The van der Waals surface area contributed by atoms with Gasteiger partial charge in [0.2, 0.25) is 0 Å². The molecule has 0 radical (unpaired) electrons. The summed E-state index contributed by atoms with van der Waals surface area (Å²) in [7, 11) is 1.33. The summed E-state index contributed by atoms with van der Waals surface area (Å²) in [5.41, 5.74) is 1.08. The number of ether oxygens (including phenoxy) is 3. The van der Waals surface area contributed by atoms with Gasteiger partial charge in [-0.15, -0.1) is 0 Å². The maximum absolute atomic E-state index is 12.8. The normalized spacial score (nSPS) is 19.5. The molecule has 1 fully saturated rings. The molecule has 1 aromatic rings. The van der Waals surface area contributed by atoms with Crippen molar-refractivity contribution in [1.82, 2.24) is 20.9 Å². The zero-order valence-electron chi connectivity index (χ0n) is 21.1. The second-order valence-corrected chi connectivity index (χ2v) is 9.61. The Hall–Kier alpha value is -3.27. The average molecular weight is 489 g/mol. The number of carbonyl (C=O) groups excluding carboxylic acids is 3. The summed E-state index contributed by atoms with van der Waals surface area (Å²) < 4.78 is 15.9. The maximum Gasteiger partial charge on any atom is 0.407 e. The number of alkyl carbamates (subject to hydrolysis) is 1. The summed E-state index contributed by atoms with van der Waals surface area (Å²) in [6.45, 7) is 9.70. The fourth-order valence-corrected chi connectivity index (χ4v) is 4.20. The van der Waals surface area contributed by atoms with Gasteiger partial charge >= 0.3 is 18.1 Å². The van der Waals surface area contributed by atoms with Gasteiger partial charge in [-0.3, -0.25) is 4.90 Å². The lowest BCUT2D eigenvalue weighted by Gasteiger charge is -2.35. The first-order valence-electron chi connectivity index (χ1n) is 11.9. The van der Waals surface area contributed by atoms with Gasteiger partial charge in [0.05, 0.1) is 25.3 Å². The van der Waals surface area contributed by atoms with Gasteiger partial charge in [-0.25, -0.2) is 14.4 Å². The number of esters is 1.